The third kappa shape index (κ3) is 2.49. The number of urea groups is 1. The molecule has 0 spiro atoms. The summed E-state index contributed by atoms with van der Waals surface area (Å²) < 4.78 is 5.56. The number of amides is 2. The van der Waals surface area contributed by atoms with Gasteiger partial charge >= 0.3 is 6.03 Å². The molecule has 1 aliphatic heterocycles. The van der Waals surface area contributed by atoms with E-state index in [1.165, 1.54) is 5.56 Å². The van der Waals surface area contributed by atoms with Gasteiger partial charge in [-0.15, -0.1) is 0 Å². The summed E-state index contributed by atoms with van der Waals surface area (Å²) in [6.45, 7) is 7.92. The number of anilines is 1. The quantitative estimate of drug-likeness (QED) is 0.906. The molecule has 2 amide bonds. The van der Waals surface area contributed by atoms with Crippen molar-refractivity contribution in [3.8, 4) is 0 Å². The first-order valence-electron chi connectivity index (χ1n) is 7.72. The van der Waals surface area contributed by atoms with E-state index in [4.69, 9.17) is 4.42 Å². The van der Waals surface area contributed by atoms with Gasteiger partial charge in [-0.05, 0) is 51.8 Å². The fourth-order valence-corrected chi connectivity index (χ4v) is 3.29. The molecule has 4 nitrogen and oxygen atoms in total. The van der Waals surface area contributed by atoms with Crippen LogP contribution in [0.2, 0.25) is 0 Å². The van der Waals surface area contributed by atoms with E-state index in [2.05, 4.69) is 18.3 Å². The number of nitrogens with zero attached hydrogens (tertiary/aromatic N) is 1. The summed E-state index contributed by atoms with van der Waals surface area (Å²) in [4.78, 5) is 14.6. The Hall–Kier alpha value is -2.23. The number of rotatable bonds is 2. The van der Waals surface area contributed by atoms with Crippen molar-refractivity contribution in [2.45, 2.75) is 46.2 Å². The molecule has 1 aromatic heterocycles. The summed E-state index contributed by atoms with van der Waals surface area (Å²) in [7, 11) is 0. The van der Waals surface area contributed by atoms with E-state index in [0.717, 1.165) is 29.2 Å². The van der Waals surface area contributed by atoms with E-state index in [1.54, 1.807) is 0 Å². The zero-order chi connectivity index (χ0) is 15.9. The molecular weight excluding hydrogens is 276 g/mol. The van der Waals surface area contributed by atoms with Crippen LogP contribution in [0.15, 0.2) is 34.7 Å². The third-order valence-electron chi connectivity index (χ3n) is 4.31. The first kappa shape index (κ1) is 14.7. The van der Waals surface area contributed by atoms with Crippen LogP contribution >= 0.6 is 0 Å². The number of hydrogen-bond acceptors (Lipinski definition) is 2. The molecule has 0 bridgehead atoms. The Bertz CT molecular complexity index is 705. The van der Waals surface area contributed by atoms with Gasteiger partial charge in [0.05, 0.1) is 6.04 Å². The lowest BCUT2D eigenvalue weighted by Gasteiger charge is -2.25. The van der Waals surface area contributed by atoms with Gasteiger partial charge in [-0.1, -0.05) is 18.2 Å². The van der Waals surface area contributed by atoms with Gasteiger partial charge in [0.1, 0.15) is 11.5 Å². The van der Waals surface area contributed by atoms with E-state index < -0.39 is 0 Å². The second-order valence-electron chi connectivity index (χ2n) is 6.09. The second-order valence-corrected chi connectivity index (χ2v) is 6.09. The van der Waals surface area contributed by atoms with Crippen LogP contribution in [0.4, 0.5) is 10.5 Å². The lowest BCUT2D eigenvalue weighted by molar-refractivity contribution is 0.242. The topological polar surface area (TPSA) is 45.5 Å². The van der Waals surface area contributed by atoms with Crippen molar-refractivity contribution in [3.63, 3.8) is 0 Å². The van der Waals surface area contributed by atoms with E-state index in [0.29, 0.717) is 0 Å². The fourth-order valence-electron chi connectivity index (χ4n) is 3.29. The SMILES string of the molecule is Cc1cc(C(C)NC(=O)N2c3ccccc3CC2C)c(C)o1. The van der Waals surface area contributed by atoms with Gasteiger partial charge in [0.25, 0.3) is 0 Å². The van der Waals surface area contributed by atoms with Crippen molar-refractivity contribution in [1.29, 1.82) is 0 Å². The molecular formula is C18H22N2O2. The lowest BCUT2D eigenvalue weighted by Crippen LogP contribution is -2.44. The predicted octanol–water partition coefficient (Wildman–Crippen LogP) is 4.12. The molecule has 2 atom stereocenters. The van der Waals surface area contributed by atoms with Crippen LogP contribution in [-0.2, 0) is 6.42 Å². The molecule has 2 unspecified atom stereocenters. The van der Waals surface area contributed by atoms with Crippen molar-refractivity contribution >= 4 is 11.7 Å². The van der Waals surface area contributed by atoms with E-state index in [9.17, 15) is 4.79 Å². The number of fused-ring (bicyclic) bond motifs is 1. The summed E-state index contributed by atoms with van der Waals surface area (Å²) in [6.07, 6.45) is 0.905. The maximum Gasteiger partial charge on any atom is 0.322 e. The average Bonchev–Trinajstić information content (AvgIpc) is 2.96. The highest BCUT2D eigenvalue weighted by Gasteiger charge is 2.31. The highest BCUT2D eigenvalue weighted by atomic mass is 16.3. The van der Waals surface area contributed by atoms with E-state index in [1.807, 2.05) is 49.9 Å². The van der Waals surface area contributed by atoms with Gasteiger partial charge < -0.3 is 9.73 Å². The van der Waals surface area contributed by atoms with Gasteiger partial charge in [0.2, 0.25) is 0 Å². The molecule has 116 valence electrons. The summed E-state index contributed by atoms with van der Waals surface area (Å²) in [5.41, 5.74) is 3.28. The van der Waals surface area contributed by atoms with Crippen LogP contribution in [0, 0.1) is 13.8 Å². The van der Waals surface area contributed by atoms with Crippen molar-refractivity contribution in [2.75, 3.05) is 4.90 Å². The van der Waals surface area contributed by atoms with Gasteiger partial charge in [-0.3, -0.25) is 4.90 Å². The molecule has 1 aliphatic rings. The smallest absolute Gasteiger partial charge is 0.322 e. The molecule has 0 saturated carbocycles. The van der Waals surface area contributed by atoms with Gasteiger partial charge in [0, 0.05) is 17.3 Å². The number of carbonyl (C=O) groups is 1. The van der Waals surface area contributed by atoms with Crippen LogP contribution in [-0.4, -0.2) is 12.1 Å². The van der Waals surface area contributed by atoms with Crippen LogP contribution in [0.25, 0.3) is 0 Å². The Morgan fingerprint density at radius 2 is 2.09 bits per heavy atom. The Kier molecular flexibility index (Phi) is 3.69. The Balaban J connectivity index is 1.79. The van der Waals surface area contributed by atoms with E-state index in [-0.39, 0.29) is 18.1 Å². The molecule has 2 heterocycles. The predicted molar refractivity (Wildman–Crippen MR) is 87.2 cm³/mol. The van der Waals surface area contributed by atoms with Crippen LogP contribution in [0.5, 0.6) is 0 Å². The molecule has 3 rings (SSSR count). The van der Waals surface area contributed by atoms with Crippen molar-refractivity contribution in [3.05, 3.63) is 53.0 Å². The number of benzene rings is 1. The molecule has 4 heteroatoms. The van der Waals surface area contributed by atoms with Gasteiger partial charge in [-0.25, -0.2) is 4.79 Å². The molecule has 2 aromatic rings. The largest absolute Gasteiger partial charge is 0.466 e. The van der Waals surface area contributed by atoms with Crippen molar-refractivity contribution in [1.82, 2.24) is 5.32 Å². The summed E-state index contributed by atoms with van der Waals surface area (Å²) in [5.74, 6) is 1.73. The van der Waals surface area contributed by atoms with E-state index >= 15 is 0 Å². The molecule has 0 fully saturated rings. The normalized spacial score (nSPS) is 18.2. The van der Waals surface area contributed by atoms with Crippen molar-refractivity contribution in [2.24, 2.45) is 0 Å². The monoisotopic (exact) mass is 298 g/mol. The first-order valence-corrected chi connectivity index (χ1v) is 7.72. The minimum atomic E-state index is -0.0788. The molecule has 1 aromatic carbocycles. The number of nitrogens with one attached hydrogen (secondary N) is 1. The maximum atomic E-state index is 12.7. The summed E-state index contributed by atoms with van der Waals surface area (Å²) >= 11 is 0. The standard InChI is InChI=1S/C18H22N2O2/c1-11-9-15-7-5-6-8-17(15)20(11)18(21)19-13(3)16-10-12(2)22-14(16)4/h5-8,10-11,13H,9H2,1-4H3,(H,19,21). The number of aryl methyl sites for hydroxylation is 2. The molecule has 0 radical (unpaired) electrons. The molecule has 0 saturated heterocycles. The second kappa shape index (κ2) is 5.52. The Morgan fingerprint density at radius 3 is 2.77 bits per heavy atom. The minimum absolute atomic E-state index is 0.0526. The molecule has 1 N–H and O–H groups in total. The zero-order valence-corrected chi connectivity index (χ0v) is 13.5. The van der Waals surface area contributed by atoms with Gasteiger partial charge in [0.15, 0.2) is 0 Å². The average molecular weight is 298 g/mol. The van der Waals surface area contributed by atoms with Crippen LogP contribution in [0.1, 0.15) is 42.5 Å². The fraction of sp³-hybridized carbons (Fsp3) is 0.389. The number of hydrogen-bond donors (Lipinski definition) is 1. The van der Waals surface area contributed by atoms with Crippen LogP contribution < -0.4 is 10.2 Å². The Labute approximate surface area is 131 Å². The van der Waals surface area contributed by atoms with Crippen molar-refractivity contribution < 1.29 is 9.21 Å². The Morgan fingerprint density at radius 1 is 1.36 bits per heavy atom. The van der Waals surface area contributed by atoms with Gasteiger partial charge in [-0.2, -0.15) is 0 Å². The highest BCUT2D eigenvalue weighted by molar-refractivity contribution is 5.95. The number of carbonyl (C=O) groups excluding carboxylic acids is 1. The van der Waals surface area contributed by atoms with Crippen LogP contribution in [0.3, 0.4) is 0 Å². The maximum absolute atomic E-state index is 12.7. The molecule has 0 aliphatic carbocycles. The zero-order valence-electron chi connectivity index (χ0n) is 13.5. The number of furan rings is 1. The highest BCUT2D eigenvalue weighted by Crippen LogP contribution is 2.32. The summed E-state index contributed by atoms with van der Waals surface area (Å²) in [6, 6.07) is 10.1. The number of para-hydroxylation sites is 1. The lowest BCUT2D eigenvalue weighted by atomic mass is 10.1. The first-order chi connectivity index (χ1) is 10.5. The minimum Gasteiger partial charge on any atom is -0.466 e. The third-order valence-corrected chi connectivity index (χ3v) is 4.31. The molecule has 22 heavy (non-hydrogen) atoms. The summed E-state index contributed by atoms with van der Waals surface area (Å²) in [5, 5.41) is 3.09.